The fourth-order valence-electron chi connectivity index (χ4n) is 2.93. The van der Waals surface area contributed by atoms with Crippen LogP contribution in [0.1, 0.15) is 15.7 Å². The number of aromatic nitrogens is 3. The fourth-order valence-corrected chi connectivity index (χ4v) is 4.26. The molecule has 0 bridgehead atoms. The Labute approximate surface area is 167 Å². The second kappa shape index (κ2) is 7.71. The van der Waals surface area contributed by atoms with E-state index in [1.165, 1.54) is 22.1 Å². The Bertz CT molecular complexity index is 1020. The van der Waals surface area contributed by atoms with Gasteiger partial charge >= 0.3 is 0 Å². The van der Waals surface area contributed by atoms with Crippen LogP contribution in [-0.4, -0.2) is 39.9 Å². The molecule has 4 rings (SSSR count). The first-order chi connectivity index (χ1) is 13.1. The van der Waals surface area contributed by atoms with Gasteiger partial charge < -0.3 is 10.1 Å². The topological polar surface area (TPSA) is 86.1 Å². The minimum absolute atomic E-state index is 0.190. The molecule has 27 heavy (non-hydrogen) atoms. The van der Waals surface area contributed by atoms with Gasteiger partial charge in [0, 0.05) is 33.9 Å². The number of carbonyl (C=O) groups is 1. The highest BCUT2D eigenvalue weighted by atomic mass is 79.9. The van der Waals surface area contributed by atoms with Crippen LogP contribution in [0.3, 0.4) is 0 Å². The lowest BCUT2D eigenvalue weighted by Crippen LogP contribution is -2.43. The number of nitrogens with zero attached hydrogens (tertiary/aromatic N) is 3. The molecule has 7 nitrogen and oxygen atoms in total. The molecular weight excluding hydrogens is 432 g/mol. The summed E-state index contributed by atoms with van der Waals surface area (Å²) in [5.74, 6) is -0.190. The maximum Gasteiger partial charge on any atom is 0.267 e. The van der Waals surface area contributed by atoms with Crippen LogP contribution in [0.5, 0.6) is 0 Å². The number of pyridine rings is 1. The molecule has 3 aromatic heterocycles. The summed E-state index contributed by atoms with van der Waals surface area (Å²) < 4.78 is 7.80. The van der Waals surface area contributed by atoms with Crippen molar-refractivity contribution in [3.8, 4) is 11.3 Å². The van der Waals surface area contributed by atoms with Gasteiger partial charge in [-0.05, 0) is 40.2 Å². The van der Waals surface area contributed by atoms with E-state index < -0.39 is 0 Å². The van der Waals surface area contributed by atoms with Crippen LogP contribution in [0.15, 0.2) is 57.4 Å². The number of thiophene rings is 1. The molecule has 4 heterocycles. The number of hydrogen-bond acceptors (Lipinski definition) is 6. The van der Waals surface area contributed by atoms with E-state index >= 15 is 0 Å². The number of carbonyl (C=O) groups excluding carboxylic acids is 1. The Morgan fingerprint density at radius 1 is 1.26 bits per heavy atom. The average molecular weight is 447 g/mol. The maximum atomic E-state index is 12.5. The molecule has 1 aliphatic rings. The van der Waals surface area contributed by atoms with Gasteiger partial charge in [0.05, 0.1) is 29.8 Å². The van der Waals surface area contributed by atoms with Gasteiger partial charge in [0.1, 0.15) is 6.04 Å². The fraction of sp³-hybridized carbons (Fsp3) is 0.222. The van der Waals surface area contributed by atoms with Crippen molar-refractivity contribution in [2.75, 3.05) is 13.2 Å². The molecule has 1 amide bonds. The van der Waals surface area contributed by atoms with E-state index in [0.29, 0.717) is 23.8 Å². The van der Waals surface area contributed by atoms with E-state index in [2.05, 4.69) is 31.3 Å². The Morgan fingerprint density at radius 2 is 2.07 bits per heavy atom. The highest BCUT2D eigenvalue weighted by Crippen LogP contribution is 2.23. The number of ether oxygens (including phenoxy) is 1. The lowest BCUT2D eigenvalue weighted by atomic mass is 10.1. The number of amides is 1. The van der Waals surface area contributed by atoms with Crippen molar-refractivity contribution in [3.05, 3.63) is 67.8 Å². The summed E-state index contributed by atoms with van der Waals surface area (Å²) >= 11 is 4.70. The van der Waals surface area contributed by atoms with Gasteiger partial charge in [-0.15, -0.1) is 11.3 Å². The first-order valence-corrected chi connectivity index (χ1v) is 9.92. The number of hydrogen-bond donors (Lipinski definition) is 1. The van der Waals surface area contributed by atoms with E-state index in [1.807, 2.05) is 17.5 Å². The molecule has 0 aliphatic carbocycles. The first-order valence-electron chi connectivity index (χ1n) is 8.25. The van der Waals surface area contributed by atoms with E-state index in [0.717, 1.165) is 10.0 Å². The highest BCUT2D eigenvalue weighted by molar-refractivity contribution is 9.10. The van der Waals surface area contributed by atoms with Gasteiger partial charge in [0.25, 0.3) is 11.5 Å². The van der Waals surface area contributed by atoms with Crippen molar-refractivity contribution in [2.45, 2.75) is 12.1 Å². The van der Waals surface area contributed by atoms with Crippen LogP contribution in [0.25, 0.3) is 11.3 Å². The number of halogens is 1. The molecule has 0 aromatic carbocycles. The summed E-state index contributed by atoms with van der Waals surface area (Å²) in [4.78, 5) is 29.5. The van der Waals surface area contributed by atoms with Crippen molar-refractivity contribution in [2.24, 2.45) is 0 Å². The van der Waals surface area contributed by atoms with Gasteiger partial charge in [-0.2, -0.15) is 5.10 Å². The van der Waals surface area contributed by atoms with E-state index in [9.17, 15) is 9.59 Å². The van der Waals surface area contributed by atoms with Crippen LogP contribution in [0.4, 0.5) is 0 Å². The molecule has 0 spiro atoms. The minimum Gasteiger partial charge on any atom is -0.377 e. The molecule has 0 radical (unpaired) electrons. The van der Waals surface area contributed by atoms with Crippen LogP contribution in [-0.2, 0) is 4.74 Å². The normalized spacial score (nSPS) is 19.1. The molecule has 2 unspecified atom stereocenters. The largest absolute Gasteiger partial charge is 0.377 e. The molecule has 1 aliphatic heterocycles. The van der Waals surface area contributed by atoms with Crippen LogP contribution in [0.2, 0.25) is 0 Å². The summed E-state index contributed by atoms with van der Waals surface area (Å²) in [7, 11) is 0. The monoisotopic (exact) mass is 446 g/mol. The lowest BCUT2D eigenvalue weighted by Gasteiger charge is -2.20. The van der Waals surface area contributed by atoms with Crippen LogP contribution >= 0.6 is 27.3 Å². The molecule has 0 saturated carbocycles. The van der Waals surface area contributed by atoms with Crippen LogP contribution in [0, 0.1) is 0 Å². The molecule has 3 aromatic rings. The number of rotatable bonds is 4. The standard InChI is InChI=1S/C18H15BrN4O3S/c19-12-7-16(27-10-12)18(25)21-14-8-26-9-15(14)23-17(24)2-1-13(22-23)11-3-5-20-6-4-11/h1-7,10,14-15H,8-9H2,(H,21,25). The second-order valence-corrected chi connectivity index (χ2v) is 7.88. The van der Waals surface area contributed by atoms with Crippen molar-refractivity contribution < 1.29 is 9.53 Å². The minimum atomic E-state index is -0.369. The molecule has 138 valence electrons. The van der Waals surface area contributed by atoms with Crippen molar-refractivity contribution in [1.29, 1.82) is 0 Å². The smallest absolute Gasteiger partial charge is 0.267 e. The predicted octanol–water partition coefficient (Wildman–Crippen LogP) is 2.50. The Morgan fingerprint density at radius 3 is 2.81 bits per heavy atom. The third kappa shape index (κ3) is 3.85. The lowest BCUT2D eigenvalue weighted by molar-refractivity contribution is 0.0929. The second-order valence-electron chi connectivity index (χ2n) is 6.05. The van der Waals surface area contributed by atoms with E-state index in [1.54, 1.807) is 24.5 Å². The Kier molecular flexibility index (Phi) is 5.15. The van der Waals surface area contributed by atoms with Crippen molar-refractivity contribution >= 4 is 33.2 Å². The van der Waals surface area contributed by atoms with E-state index in [-0.39, 0.29) is 23.6 Å². The number of nitrogens with one attached hydrogen (secondary N) is 1. The molecule has 1 fully saturated rings. The molecular formula is C18H15BrN4O3S. The Hall–Kier alpha value is -2.36. The Balaban J connectivity index is 1.60. The van der Waals surface area contributed by atoms with Gasteiger partial charge in [0.15, 0.2) is 0 Å². The predicted molar refractivity (Wildman–Crippen MR) is 105 cm³/mol. The van der Waals surface area contributed by atoms with Crippen molar-refractivity contribution in [1.82, 2.24) is 20.1 Å². The molecule has 1 N–H and O–H groups in total. The maximum absolute atomic E-state index is 12.5. The van der Waals surface area contributed by atoms with Crippen LogP contribution < -0.4 is 10.9 Å². The summed E-state index contributed by atoms with van der Waals surface area (Å²) in [5, 5.41) is 9.31. The summed E-state index contributed by atoms with van der Waals surface area (Å²) in [6.07, 6.45) is 3.35. The van der Waals surface area contributed by atoms with Gasteiger partial charge in [-0.3, -0.25) is 14.6 Å². The molecule has 9 heteroatoms. The van der Waals surface area contributed by atoms with Gasteiger partial charge in [-0.1, -0.05) is 0 Å². The average Bonchev–Trinajstić information content (AvgIpc) is 3.32. The SMILES string of the molecule is O=C(NC1COCC1n1nc(-c2ccncc2)ccc1=O)c1cc(Br)cs1. The molecule has 2 atom stereocenters. The molecule has 1 saturated heterocycles. The third-order valence-corrected chi connectivity index (χ3v) is 5.96. The summed E-state index contributed by atoms with van der Waals surface area (Å²) in [6.45, 7) is 0.641. The third-order valence-electron chi connectivity index (χ3n) is 4.27. The zero-order valence-electron chi connectivity index (χ0n) is 14.0. The van der Waals surface area contributed by atoms with E-state index in [4.69, 9.17) is 4.74 Å². The quantitative estimate of drug-likeness (QED) is 0.665. The summed E-state index contributed by atoms with van der Waals surface area (Å²) in [5.41, 5.74) is 1.29. The van der Waals surface area contributed by atoms with Gasteiger partial charge in [-0.25, -0.2) is 4.68 Å². The van der Waals surface area contributed by atoms with Gasteiger partial charge in [0.2, 0.25) is 0 Å². The van der Waals surface area contributed by atoms with Crippen molar-refractivity contribution in [3.63, 3.8) is 0 Å². The first kappa shape index (κ1) is 18.0. The zero-order valence-corrected chi connectivity index (χ0v) is 16.4. The zero-order chi connectivity index (χ0) is 18.8. The highest BCUT2D eigenvalue weighted by Gasteiger charge is 2.33. The summed E-state index contributed by atoms with van der Waals surface area (Å²) in [6, 6.07) is 7.88.